The van der Waals surface area contributed by atoms with E-state index in [1.807, 2.05) is 48.5 Å². The van der Waals surface area contributed by atoms with Crippen molar-refractivity contribution in [3.8, 4) is 11.5 Å². The molecule has 0 aromatic heterocycles. The molecule has 0 fully saturated rings. The fraction of sp³-hybridized carbons (Fsp3) is 0.278. The van der Waals surface area contributed by atoms with Crippen LogP contribution in [0.3, 0.4) is 0 Å². The van der Waals surface area contributed by atoms with E-state index >= 15 is 0 Å². The zero-order valence-corrected chi connectivity index (χ0v) is 13.7. The van der Waals surface area contributed by atoms with Crippen molar-refractivity contribution >= 4 is 6.03 Å². The zero-order chi connectivity index (χ0) is 16.7. The highest BCUT2D eigenvalue weighted by Crippen LogP contribution is 2.24. The number of carbonyl (C=O) groups excluding carboxylic acids is 1. The van der Waals surface area contributed by atoms with Crippen molar-refractivity contribution in [3.05, 3.63) is 59.7 Å². The Bertz CT molecular complexity index is 644. The van der Waals surface area contributed by atoms with Gasteiger partial charge >= 0.3 is 6.03 Å². The van der Waals surface area contributed by atoms with Crippen LogP contribution in [0.15, 0.2) is 48.5 Å². The van der Waals surface area contributed by atoms with Crippen molar-refractivity contribution in [2.75, 3.05) is 21.3 Å². The number of methoxy groups -OCH3 is 2. The number of hydrogen-bond donors (Lipinski definition) is 1. The van der Waals surface area contributed by atoms with Gasteiger partial charge < -0.3 is 19.7 Å². The largest absolute Gasteiger partial charge is 0.497 e. The number of nitrogens with zero attached hydrogens (tertiary/aromatic N) is 1. The first kappa shape index (κ1) is 16.7. The summed E-state index contributed by atoms with van der Waals surface area (Å²) in [6, 6.07) is 15.2. The van der Waals surface area contributed by atoms with Gasteiger partial charge in [0, 0.05) is 19.2 Å². The maximum absolute atomic E-state index is 12.2. The number of ether oxygens (including phenoxy) is 2. The smallest absolute Gasteiger partial charge is 0.317 e. The third-order valence-corrected chi connectivity index (χ3v) is 3.53. The molecule has 2 rings (SSSR count). The molecule has 0 spiro atoms. The van der Waals surface area contributed by atoms with Crippen LogP contribution in [0.1, 0.15) is 11.1 Å². The molecule has 2 aromatic rings. The first-order valence-corrected chi connectivity index (χ1v) is 7.38. The molecule has 122 valence electrons. The first-order valence-electron chi connectivity index (χ1n) is 7.38. The highest BCUT2D eigenvalue weighted by atomic mass is 16.5. The number of urea groups is 1. The lowest BCUT2D eigenvalue weighted by Crippen LogP contribution is -2.36. The third kappa shape index (κ3) is 4.64. The number of rotatable bonds is 6. The Kier molecular flexibility index (Phi) is 5.86. The van der Waals surface area contributed by atoms with E-state index in [1.165, 1.54) is 0 Å². The molecule has 5 nitrogen and oxygen atoms in total. The van der Waals surface area contributed by atoms with Crippen LogP contribution in [-0.2, 0) is 13.1 Å². The SMILES string of the molecule is COc1ccc(OC)c(CN(C)C(=O)NCc2ccccc2)c1. The maximum Gasteiger partial charge on any atom is 0.317 e. The second kappa shape index (κ2) is 8.08. The summed E-state index contributed by atoms with van der Waals surface area (Å²) in [6.07, 6.45) is 0. The minimum absolute atomic E-state index is 0.140. The summed E-state index contributed by atoms with van der Waals surface area (Å²) in [4.78, 5) is 13.8. The number of carbonyl (C=O) groups is 1. The van der Waals surface area contributed by atoms with Gasteiger partial charge in [-0.3, -0.25) is 0 Å². The van der Waals surface area contributed by atoms with Gasteiger partial charge in [-0.15, -0.1) is 0 Å². The summed E-state index contributed by atoms with van der Waals surface area (Å²) in [5.74, 6) is 1.47. The predicted octanol–water partition coefficient (Wildman–Crippen LogP) is 3.05. The fourth-order valence-corrected chi connectivity index (χ4v) is 2.24. The predicted molar refractivity (Wildman–Crippen MR) is 89.7 cm³/mol. The number of hydrogen-bond acceptors (Lipinski definition) is 3. The van der Waals surface area contributed by atoms with Crippen molar-refractivity contribution < 1.29 is 14.3 Å². The lowest BCUT2D eigenvalue weighted by Gasteiger charge is -2.20. The van der Waals surface area contributed by atoms with Crippen LogP contribution in [0.5, 0.6) is 11.5 Å². The van der Waals surface area contributed by atoms with Gasteiger partial charge in [0.2, 0.25) is 0 Å². The topological polar surface area (TPSA) is 50.8 Å². The van der Waals surface area contributed by atoms with Gasteiger partial charge in [-0.05, 0) is 23.8 Å². The van der Waals surface area contributed by atoms with Gasteiger partial charge in [-0.2, -0.15) is 0 Å². The summed E-state index contributed by atoms with van der Waals surface area (Å²) >= 11 is 0. The molecule has 2 aromatic carbocycles. The lowest BCUT2D eigenvalue weighted by molar-refractivity contribution is 0.206. The Balaban J connectivity index is 1.97. The van der Waals surface area contributed by atoms with Crippen molar-refractivity contribution in [1.82, 2.24) is 10.2 Å². The minimum atomic E-state index is -0.140. The van der Waals surface area contributed by atoms with Gasteiger partial charge in [-0.25, -0.2) is 4.79 Å². The van der Waals surface area contributed by atoms with Gasteiger partial charge in [0.15, 0.2) is 0 Å². The molecule has 2 amide bonds. The summed E-state index contributed by atoms with van der Waals surface area (Å²) in [5.41, 5.74) is 1.96. The lowest BCUT2D eigenvalue weighted by atomic mass is 10.2. The zero-order valence-electron chi connectivity index (χ0n) is 13.7. The van der Waals surface area contributed by atoms with E-state index < -0.39 is 0 Å². The molecule has 0 saturated carbocycles. The summed E-state index contributed by atoms with van der Waals surface area (Å²) < 4.78 is 10.6. The first-order chi connectivity index (χ1) is 11.1. The van der Waals surface area contributed by atoms with Crippen LogP contribution >= 0.6 is 0 Å². The molecule has 0 bridgehead atoms. The Morgan fingerprint density at radius 3 is 2.48 bits per heavy atom. The molecule has 0 aliphatic rings. The van der Waals surface area contributed by atoms with Crippen LogP contribution in [0.25, 0.3) is 0 Å². The van der Waals surface area contributed by atoms with E-state index in [1.54, 1.807) is 26.2 Å². The molecule has 5 heteroatoms. The minimum Gasteiger partial charge on any atom is -0.497 e. The average Bonchev–Trinajstić information content (AvgIpc) is 2.60. The van der Waals surface area contributed by atoms with Gasteiger partial charge in [0.05, 0.1) is 20.8 Å². The van der Waals surface area contributed by atoms with E-state index in [9.17, 15) is 4.79 Å². The molecule has 0 aliphatic carbocycles. The monoisotopic (exact) mass is 314 g/mol. The van der Waals surface area contributed by atoms with E-state index in [0.717, 1.165) is 22.6 Å². The molecule has 1 N–H and O–H groups in total. The number of nitrogens with one attached hydrogen (secondary N) is 1. The average molecular weight is 314 g/mol. The summed E-state index contributed by atoms with van der Waals surface area (Å²) in [5, 5.41) is 2.90. The van der Waals surface area contributed by atoms with Crippen molar-refractivity contribution in [2.24, 2.45) is 0 Å². The second-order valence-electron chi connectivity index (χ2n) is 5.18. The number of amides is 2. The van der Waals surface area contributed by atoms with Crippen LogP contribution in [-0.4, -0.2) is 32.2 Å². The highest BCUT2D eigenvalue weighted by molar-refractivity contribution is 5.74. The number of benzene rings is 2. The second-order valence-corrected chi connectivity index (χ2v) is 5.18. The molecule has 23 heavy (non-hydrogen) atoms. The standard InChI is InChI=1S/C18H22N2O3/c1-20(18(21)19-12-14-7-5-4-6-8-14)13-15-11-16(22-2)9-10-17(15)23-3/h4-11H,12-13H2,1-3H3,(H,19,21). The highest BCUT2D eigenvalue weighted by Gasteiger charge is 2.12. The normalized spacial score (nSPS) is 10.0. The Morgan fingerprint density at radius 2 is 1.83 bits per heavy atom. The van der Waals surface area contributed by atoms with Gasteiger partial charge in [0.25, 0.3) is 0 Å². The van der Waals surface area contributed by atoms with Gasteiger partial charge in [-0.1, -0.05) is 30.3 Å². The fourth-order valence-electron chi connectivity index (χ4n) is 2.24. The Morgan fingerprint density at radius 1 is 1.09 bits per heavy atom. The van der Waals surface area contributed by atoms with Gasteiger partial charge in [0.1, 0.15) is 11.5 Å². The summed E-state index contributed by atoms with van der Waals surface area (Å²) in [7, 11) is 4.97. The Labute approximate surface area is 136 Å². The van der Waals surface area contributed by atoms with Crippen molar-refractivity contribution in [2.45, 2.75) is 13.1 Å². The van der Waals surface area contributed by atoms with Crippen LogP contribution < -0.4 is 14.8 Å². The molecule has 0 radical (unpaired) electrons. The molecule has 0 saturated heterocycles. The van der Waals surface area contributed by atoms with Crippen LogP contribution in [0, 0.1) is 0 Å². The molecule has 0 heterocycles. The van der Waals surface area contributed by atoms with Crippen LogP contribution in [0.2, 0.25) is 0 Å². The quantitative estimate of drug-likeness (QED) is 0.891. The Hall–Kier alpha value is -2.69. The maximum atomic E-state index is 12.2. The molecule has 0 atom stereocenters. The van der Waals surface area contributed by atoms with Crippen LogP contribution in [0.4, 0.5) is 4.79 Å². The summed E-state index contributed by atoms with van der Waals surface area (Å²) in [6.45, 7) is 0.931. The van der Waals surface area contributed by atoms with Crippen molar-refractivity contribution in [1.29, 1.82) is 0 Å². The van der Waals surface area contributed by atoms with Crippen molar-refractivity contribution in [3.63, 3.8) is 0 Å². The van der Waals surface area contributed by atoms with E-state index in [2.05, 4.69) is 5.32 Å². The molecular formula is C18H22N2O3. The molecular weight excluding hydrogens is 292 g/mol. The van der Waals surface area contributed by atoms with E-state index in [-0.39, 0.29) is 6.03 Å². The molecule has 0 unspecified atom stereocenters. The third-order valence-electron chi connectivity index (χ3n) is 3.53. The van der Waals surface area contributed by atoms with E-state index in [0.29, 0.717) is 13.1 Å². The van der Waals surface area contributed by atoms with E-state index in [4.69, 9.17) is 9.47 Å². The molecule has 0 aliphatic heterocycles.